The van der Waals surface area contributed by atoms with Gasteiger partial charge in [0.1, 0.15) is 12.2 Å². The van der Waals surface area contributed by atoms with Gasteiger partial charge in [0.25, 0.3) is 0 Å². The quantitative estimate of drug-likeness (QED) is 0.731. The van der Waals surface area contributed by atoms with E-state index in [1.807, 2.05) is 6.07 Å². The van der Waals surface area contributed by atoms with Crippen molar-refractivity contribution in [1.29, 1.82) is 0 Å². The zero-order chi connectivity index (χ0) is 14.0. The summed E-state index contributed by atoms with van der Waals surface area (Å²) in [7, 11) is 0. The molecule has 3 N–H and O–H groups in total. The molecule has 0 heterocycles. The molecule has 2 atom stereocenters. The van der Waals surface area contributed by atoms with Crippen molar-refractivity contribution in [2.75, 3.05) is 6.54 Å². The highest BCUT2D eigenvalue weighted by molar-refractivity contribution is 6.00. The standard InChI is InChI=1S/C14H17NO4/c1-8(16)15-7-13(18)14(19)10-3-2-9-4-5-12(17)11(9)6-10/h2-3,6,13-14,18-19H,4-5,7H2,1H3,(H,15,16). The van der Waals surface area contributed by atoms with E-state index in [0.29, 0.717) is 17.5 Å². The Balaban J connectivity index is 2.11. The average Bonchev–Trinajstić information content (AvgIpc) is 2.76. The number of Topliss-reactive ketones (excluding diaryl/α,β-unsaturated/α-hetero) is 1. The fraction of sp³-hybridized carbons (Fsp3) is 0.429. The van der Waals surface area contributed by atoms with Gasteiger partial charge in [-0.3, -0.25) is 9.59 Å². The van der Waals surface area contributed by atoms with Gasteiger partial charge in [-0.1, -0.05) is 12.1 Å². The lowest BCUT2D eigenvalue weighted by molar-refractivity contribution is -0.119. The molecule has 0 fully saturated rings. The van der Waals surface area contributed by atoms with Crippen molar-refractivity contribution in [3.05, 3.63) is 34.9 Å². The van der Waals surface area contributed by atoms with E-state index >= 15 is 0 Å². The normalized spacial score (nSPS) is 16.9. The fourth-order valence-corrected chi connectivity index (χ4v) is 2.22. The lowest BCUT2D eigenvalue weighted by Gasteiger charge is -2.19. The second kappa shape index (κ2) is 5.50. The predicted molar refractivity (Wildman–Crippen MR) is 68.7 cm³/mol. The minimum atomic E-state index is -1.12. The van der Waals surface area contributed by atoms with Crippen LogP contribution in [0.1, 0.15) is 40.9 Å². The highest BCUT2D eigenvalue weighted by Gasteiger charge is 2.23. The Morgan fingerprint density at radius 1 is 1.37 bits per heavy atom. The first-order chi connectivity index (χ1) is 8.99. The van der Waals surface area contributed by atoms with Crippen molar-refractivity contribution in [1.82, 2.24) is 5.32 Å². The van der Waals surface area contributed by atoms with E-state index in [9.17, 15) is 19.8 Å². The van der Waals surface area contributed by atoms with E-state index in [4.69, 9.17) is 0 Å². The Hall–Kier alpha value is -1.72. The van der Waals surface area contributed by atoms with Crippen LogP contribution in [0.3, 0.4) is 0 Å². The molecule has 0 aromatic heterocycles. The number of fused-ring (bicyclic) bond motifs is 1. The van der Waals surface area contributed by atoms with Crippen LogP contribution in [-0.4, -0.2) is 34.6 Å². The summed E-state index contributed by atoms with van der Waals surface area (Å²) in [5.74, 6) is -0.198. The van der Waals surface area contributed by atoms with Crippen LogP contribution in [0, 0.1) is 0 Å². The fourth-order valence-electron chi connectivity index (χ4n) is 2.22. The van der Waals surface area contributed by atoms with Crippen molar-refractivity contribution < 1.29 is 19.8 Å². The predicted octanol–water partition coefficient (Wildman–Crippen LogP) is 0.346. The van der Waals surface area contributed by atoms with Gasteiger partial charge in [-0.15, -0.1) is 0 Å². The van der Waals surface area contributed by atoms with Crippen molar-refractivity contribution in [2.45, 2.75) is 32.0 Å². The monoisotopic (exact) mass is 263 g/mol. The zero-order valence-electron chi connectivity index (χ0n) is 10.7. The van der Waals surface area contributed by atoms with E-state index in [1.54, 1.807) is 12.1 Å². The van der Waals surface area contributed by atoms with Crippen LogP contribution in [0.15, 0.2) is 18.2 Å². The molecule has 2 unspecified atom stereocenters. The van der Waals surface area contributed by atoms with Gasteiger partial charge < -0.3 is 15.5 Å². The van der Waals surface area contributed by atoms with Crippen LogP contribution in [-0.2, 0) is 11.2 Å². The van der Waals surface area contributed by atoms with Crippen LogP contribution >= 0.6 is 0 Å². The third kappa shape index (κ3) is 3.00. The molecule has 5 nitrogen and oxygen atoms in total. The van der Waals surface area contributed by atoms with Gasteiger partial charge in [-0.05, 0) is 23.6 Å². The molecular weight excluding hydrogens is 246 g/mol. The molecule has 1 aliphatic carbocycles. The Bertz CT molecular complexity index is 512. The molecular formula is C14H17NO4. The Morgan fingerprint density at radius 3 is 2.79 bits per heavy atom. The van der Waals surface area contributed by atoms with Crippen molar-refractivity contribution in [2.24, 2.45) is 0 Å². The molecule has 1 aromatic rings. The van der Waals surface area contributed by atoms with Crippen LogP contribution in [0.2, 0.25) is 0 Å². The molecule has 0 radical (unpaired) electrons. The molecule has 0 spiro atoms. The Kier molecular flexibility index (Phi) is 3.97. The molecule has 1 aliphatic rings. The molecule has 2 rings (SSSR count). The highest BCUT2D eigenvalue weighted by Crippen LogP contribution is 2.26. The number of aryl methyl sites for hydroxylation is 1. The molecule has 5 heteroatoms. The number of carbonyl (C=O) groups excluding carboxylic acids is 2. The van der Waals surface area contributed by atoms with E-state index in [2.05, 4.69) is 5.32 Å². The SMILES string of the molecule is CC(=O)NCC(O)C(O)c1ccc2c(c1)C(=O)CC2. The Labute approximate surface area is 111 Å². The third-order valence-electron chi connectivity index (χ3n) is 3.32. The number of rotatable bonds is 4. The smallest absolute Gasteiger partial charge is 0.216 e. The molecule has 0 aliphatic heterocycles. The first-order valence-corrected chi connectivity index (χ1v) is 6.25. The van der Waals surface area contributed by atoms with E-state index in [-0.39, 0.29) is 18.2 Å². The summed E-state index contributed by atoms with van der Waals surface area (Å²) in [5, 5.41) is 22.2. The van der Waals surface area contributed by atoms with Crippen LogP contribution in [0.5, 0.6) is 0 Å². The summed E-state index contributed by atoms with van der Waals surface area (Å²) in [5.41, 5.74) is 2.10. The van der Waals surface area contributed by atoms with Gasteiger partial charge in [0, 0.05) is 25.5 Å². The minimum absolute atomic E-state index is 0.0263. The van der Waals surface area contributed by atoms with Gasteiger partial charge in [-0.25, -0.2) is 0 Å². The maximum absolute atomic E-state index is 11.6. The van der Waals surface area contributed by atoms with E-state index in [1.165, 1.54) is 6.92 Å². The topological polar surface area (TPSA) is 86.6 Å². The summed E-state index contributed by atoms with van der Waals surface area (Å²) >= 11 is 0. The van der Waals surface area contributed by atoms with Gasteiger partial charge in [0.2, 0.25) is 5.91 Å². The van der Waals surface area contributed by atoms with E-state index in [0.717, 1.165) is 12.0 Å². The number of amides is 1. The largest absolute Gasteiger partial charge is 0.388 e. The number of hydrogen-bond donors (Lipinski definition) is 3. The summed E-state index contributed by atoms with van der Waals surface area (Å²) in [6, 6.07) is 5.15. The molecule has 1 aromatic carbocycles. The molecule has 0 saturated heterocycles. The number of ketones is 1. The number of aliphatic hydroxyl groups excluding tert-OH is 2. The van der Waals surface area contributed by atoms with Gasteiger partial charge in [-0.2, -0.15) is 0 Å². The number of benzene rings is 1. The van der Waals surface area contributed by atoms with Crippen molar-refractivity contribution in [3.8, 4) is 0 Å². The molecule has 0 saturated carbocycles. The molecule has 19 heavy (non-hydrogen) atoms. The second-order valence-electron chi connectivity index (χ2n) is 4.79. The van der Waals surface area contributed by atoms with Gasteiger partial charge in [0.05, 0.1) is 0 Å². The molecule has 0 bridgehead atoms. The van der Waals surface area contributed by atoms with Crippen LogP contribution < -0.4 is 5.32 Å². The van der Waals surface area contributed by atoms with Crippen molar-refractivity contribution >= 4 is 11.7 Å². The zero-order valence-corrected chi connectivity index (χ0v) is 10.7. The van der Waals surface area contributed by atoms with Crippen LogP contribution in [0.4, 0.5) is 0 Å². The van der Waals surface area contributed by atoms with Gasteiger partial charge >= 0.3 is 0 Å². The number of aliphatic hydroxyl groups is 2. The van der Waals surface area contributed by atoms with Crippen molar-refractivity contribution in [3.63, 3.8) is 0 Å². The number of nitrogens with one attached hydrogen (secondary N) is 1. The lowest BCUT2D eigenvalue weighted by atomic mass is 9.99. The molecule has 102 valence electrons. The maximum Gasteiger partial charge on any atom is 0.216 e. The highest BCUT2D eigenvalue weighted by atomic mass is 16.3. The number of hydrogen-bond acceptors (Lipinski definition) is 4. The van der Waals surface area contributed by atoms with E-state index < -0.39 is 12.2 Å². The average molecular weight is 263 g/mol. The summed E-state index contributed by atoms with van der Waals surface area (Å²) in [4.78, 5) is 22.4. The summed E-state index contributed by atoms with van der Waals surface area (Å²) < 4.78 is 0. The third-order valence-corrected chi connectivity index (χ3v) is 3.32. The summed E-state index contributed by atoms with van der Waals surface area (Å²) in [6.45, 7) is 1.31. The van der Waals surface area contributed by atoms with Gasteiger partial charge in [0.15, 0.2) is 5.78 Å². The number of carbonyl (C=O) groups is 2. The van der Waals surface area contributed by atoms with Crippen LogP contribution in [0.25, 0.3) is 0 Å². The summed E-state index contributed by atoms with van der Waals surface area (Å²) in [6.07, 6.45) is -0.980. The first kappa shape index (κ1) is 13.7. The Morgan fingerprint density at radius 2 is 2.11 bits per heavy atom. The maximum atomic E-state index is 11.6. The second-order valence-corrected chi connectivity index (χ2v) is 4.79. The lowest BCUT2D eigenvalue weighted by Crippen LogP contribution is -2.34. The first-order valence-electron chi connectivity index (χ1n) is 6.25. The molecule has 1 amide bonds. The minimum Gasteiger partial charge on any atom is -0.388 e.